The molecule has 1 saturated heterocycles. The van der Waals surface area contributed by atoms with E-state index in [1.807, 2.05) is 6.07 Å². The van der Waals surface area contributed by atoms with Gasteiger partial charge in [0.2, 0.25) is 10.0 Å². The van der Waals surface area contributed by atoms with Crippen molar-refractivity contribution >= 4 is 22.4 Å². The Morgan fingerprint density at radius 2 is 2.04 bits per heavy atom. The maximum atomic E-state index is 12.7. The standard InChI is InChI=1S/C16H23N3O3S.ClH/c1-13-11-16(4-3-14(13)12-18)23(20,21)19-8-5-15(6-9-19)22-10-2-7-17;/h3-4,11,15H,2,5-10,17H2,1H3;1H. The van der Waals surface area contributed by atoms with Gasteiger partial charge in [-0.3, -0.25) is 0 Å². The lowest BCUT2D eigenvalue weighted by Gasteiger charge is -2.31. The molecule has 0 aromatic heterocycles. The molecule has 1 aromatic carbocycles. The molecule has 8 heteroatoms. The van der Waals surface area contributed by atoms with E-state index in [0.717, 1.165) is 6.42 Å². The Morgan fingerprint density at radius 1 is 1.38 bits per heavy atom. The van der Waals surface area contributed by atoms with Gasteiger partial charge in [-0.25, -0.2) is 8.42 Å². The van der Waals surface area contributed by atoms with Gasteiger partial charge in [-0.1, -0.05) is 0 Å². The molecule has 0 radical (unpaired) electrons. The Labute approximate surface area is 150 Å². The van der Waals surface area contributed by atoms with Crippen LogP contribution in [0.15, 0.2) is 23.1 Å². The highest BCUT2D eigenvalue weighted by molar-refractivity contribution is 7.89. The summed E-state index contributed by atoms with van der Waals surface area (Å²) in [5.74, 6) is 0. The zero-order valence-electron chi connectivity index (χ0n) is 13.8. The van der Waals surface area contributed by atoms with Crippen LogP contribution in [0.3, 0.4) is 0 Å². The minimum atomic E-state index is -3.51. The first-order chi connectivity index (χ1) is 11.0. The summed E-state index contributed by atoms with van der Waals surface area (Å²) in [7, 11) is -3.51. The molecule has 0 aliphatic carbocycles. The number of rotatable bonds is 6. The summed E-state index contributed by atoms with van der Waals surface area (Å²) in [6.07, 6.45) is 2.32. The zero-order valence-corrected chi connectivity index (χ0v) is 15.4. The minimum absolute atomic E-state index is 0. The molecule has 1 aliphatic rings. The van der Waals surface area contributed by atoms with Gasteiger partial charge >= 0.3 is 0 Å². The molecule has 0 atom stereocenters. The van der Waals surface area contributed by atoms with Gasteiger partial charge < -0.3 is 10.5 Å². The smallest absolute Gasteiger partial charge is 0.243 e. The minimum Gasteiger partial charge on any atom is -0.378 e. The Bertz CT molecular complexity index is 680. The van der Waals surface area contributed by atoms with Crippen LogP contribution in [0.1, 0.15) is 30.4 Å². The lowest BCUT2D eigenvalue weighted by Crippen LogP contribution is -2.41. The van der Waals surface area contributed by atoms with Crippen LogP contribution in [-0.4, -0.2) is 45.1 Å². The molecular formula is C16H24ClN3O3S. The van der Waals surface area contributed by atoms with E-state index >= 15 is 0 Å². The fourth-order valence-corrected chi connectivity index (χ4v) is 4.20. The van der Waals surface area contributed by atoms with Crippen LogP contribution in [0, 0.1) is 18.3 Å². The third-order valence-electron chi connectivity index (χ3n) is 4.06. The van der Waals surface area contributed by atoms with E-state index < -0.39 is 10.0 Å². The van der Waals surface area contributed by atoms with E-state index in [1.165, 1.54) is 10.4 Å². The fourth-order valence-electron chi connectivity index (χ4n) is 2.64. The summed E-state index contributed by atoms with van der Waals surface area (Å²) in [6, 6.07) is 6.68. The number of hydrogen-bond acceptors (Lipinski definition) is 5. The molecule has 1 aliphatic heterocycles. The van der Waals surface area contributed by atoms with Gasteiger partial charge in [0, 0.05) is 19.7 Å². The van der Waals surface area contributed by atoms with Crippen molar-refractivity contribution in [1.82, 2.24) is 4.31 Å². The highest BCUT2D eigenvalue weighted by Gasteiger charge is 2.29. The Hall–Kier alpha value is -1.17. The van der Waals surface area contributed by atoms with E-state index in [-0.39, 0.29) is 23.4 Å². The molecule has 134 valence electrons. The van der Waals surface area contributed by atoms with Crippen LogP contribution in [0.4, 0.5) is 0 Å². The second-order valence-corrected chi connectivity index (χ2v) is 7.64. The molecule has 6 nitrogen and oxygen atoms in total. The van der Waals surface area contributed by atoms with Gasteiger partial charge in [-0.15, -0.1) is 12.4 Å². The predicted octanol–water partition coefficient (Wildman–Crippen LogP) is 1.81. The topological polar surface area (TPSA) is 96.4 Å². The number of nitrogens with two attached hydrogens (primary N) is 1. The van der Waals surface area contributed by atoms with Crippen molar-refractivity contribution in [2.45, 2.75) is 37.2 Å². The third kappa shape index (κ3) is 4.91. The lowest BCUT2D eigenvalue weighted by atomic mass is 10.1. The van der Waals surface area contributed by atoms with Gasteiger partial charge in [-0.05, 0) is 56.5 Å². The van der Waals surface area contributed by atoms with Crippen LogP contribution in [0.5, 0.6) is 0 Å². The fraction of sp³-hybridized carbons (Fsp3) is 0.562. The molecule has 0 unspecified atom stereocenters. The summed E-state index contributed by atoms with van der Waals surface area (Å²) < 4.78 is 32.6. The third-order valence-corrected chi connectivity index (χ3v) is 5.95. The number of ether oxygens (including phenoxy) is 1. The van der Waals surface area contributed by atoms with E-state index in [9.17, 15) is 8.42 Å². The molecule has 0 amide bonds. The van der Waals surface area contributed by atoms with E-state index in [1.54, 1.807) is 19.1 Å². The molecule has 1 fully saturated rings. The summed E-state index contributed by atoms with van der Waals surface area (Å²) in [5, 5.41) is 8.95. The van der Waals surface area contributed by atoms with Crippen molar-refractivity contribution in [2.24, 2.45) is 5.73 Å². The Kier molecular flexibility index (Phi) is 8.13. The van der Waals surface area contributed by atoms with Crippen molar-refractivity contribution in [2.75, 3.05) is 26.2 Å². The van der Waals surface area contributed by atoms with Gasteiger partial charge in [0.05, 0.1) is 22.6 Å². The first kappa shape index (κ1) is 20.9. The second-order valence-electron chi connectivity index (χ2n) is 5.70. The van der Waals surface area contributed by atoms with Gasteiger partial charge in [0.1, 0.15) is 0 Å². The van der Waals surface area contributed by atoms with E-state index in [0.29, 0.717) is 50.2 Å². The van der Waals surface area contributed by atoms with Gasteiger partial charge in [0.25, 0.3) is 0 Å². The van der Waals surface area contributed by atoms with E-state index in [2.05, 4.69) is 0 Å². The van der Waals surface area contributed by atoms with Crippen LogP contribution in [0.2, 0.25) is 0 Å². The number of nitriles is 1. The highest BCUT2D eigenvalue weighted by Crippen LogP contribution is 2.23. The average Bonchev–Trinajstić information content (AvgIpc) is 2.55. The number of halogens is 1. The quantitative estimate of drug-likeness (QED) is 0.767. The molecule has 0 spiro atoms. The number of hydrogen-bond donors (Lipinski definition) is 1. The number of nitrogens with zero attached hydrogens (tertiary/aromatic N) is 2. The Morgan fingerprint density at radius 3 is 2.58 bits per heavy atom. The van der Waals surface area contributed by atoms with Crippen LogP contribution >= 0.6 is 12.4 Å². The summed E-state index contributed by atoms with van der Waals surface area (Å²) in [4.78, 5) is 0.247. The van der Waals surface area contributed by atoms with Gasteiger partial charge in [0.15, 0.2) is 0 Å². The number of benzene rings is 1. The normalized spacial score (nSPS) is 16.4. The summed E-state index contributed by atoms with van der Waals surface area (Å²) >= 11 is 0. The van der Waals surface area contributed by atoms with Crippen LogP contribution in [0.25, 0.3) is 0 Å². The van der Waals surface area contributed by atoms with Crippen molar-refractivity contribution < 1.29 is 13.2 Å². The molecule has 1 aromatic rings. The van der Waals surface area contributed by atoms with Gasteiger partial charge in [-0.2, -0.15) is 9.57 Å². The Balaban J connectivity index is 0.00000288. The molecule has 0 saturated carbocycles. The lowest BCUT2D eigenvalue weighted by molar-refractivity contribution is 0.0209. The van der Waals surface area contributed by atoms with E-state index in [4.69, 9.17) is 15.7 Å². The number of piperidine rings is 1. The van der Waals surface area contributed by atoms with Crippen LogP contribution < -0.4 is 5.73 Å². The molecular weight excluding hydrogens is 350 g/mol. The molecule has 2 N–H and O–H groups in total. The summed E-state index contributed by atoms with van der Waals surface area (Å²) in [5.41, 5.74) is 6.60. The van der Waals surface area contributed by atoms with Crippen molar-refractivity contribution in [3.8, 4) is 6.07 Å². The molecule has 0 bridgehead atoms. The SMILES string of the molecule is Cc1cc(S(=O)(=O)N2CCC(OCCCN)CC2)ccc1C#N.Cl. The molecule has 1 heterocycles. The summed E-state index contributed by atoms with van der Waals surface area (Å²) in [6.45, 7) is 3.88. The van der Waals surface area contributed by atoms with Crippen molar-refractivity contribution in [1.29, 1.82) is 5.26 Å². The first-order valence-electron chi connectivity index (χ1n) is 7.81. The highest BCUT2D eigenvalue weighted by atomic mass is 35.5. The number of aryl methyl sites for hydroxylation is 1. The number of sulfonamides is 1. The molecule has 2 rings (SSSR count). The second kappa shape index (κ2) is 9.35. The van der Waals surface area contributed by atoms with Crippen molar-refractivity contribution in [3.63, 3.8) is 0 Å². The predicted molar refractivity (Wildman–Crippen MR) is 94.5 cm³/mol. The largest absolute Gasteiger partial charge is 0.378 e. The van der Waals surface area contributed by atoms with Crippen LogP contribution in [-0.2, 0) is 14.8 Å². The monoisotopic (exact) mass is 373 g/mol. The zero-order chi connectivity index (χ0) is 16.9. The maximum Gasteiger partial charge on any atom is 0.243 e. The van der Waals surface area contributed by atoms with Crippen molar-refractivity contribution in [3.05, 3.63) is 29.3 Å². The first-order valence-corrected chi connectivity index (χ1v) is 9.25. The maximum absolute atomic E-state index is 12.7. The molecule has 24 heavy (non-hydrogen) atoms. The average molecular weight is 374 g/mol.